The molecule has 166 valence electrons. The van der Waals surface area contributed by atoms with Gasteiger partial charge < -0.3 is 20.0 Å². The van der Waals surface area contributed by atoms with Gasteiger partial charge >= 0.3 is 0 Å². The lowest BCUT2D eigenvalue weighted by Crippen LogP contribution is -2.54. The van der Waals surface area contributed by atoms with Gasteiger partial charge in [0.15, 0.2) is 5.96 Å². The molecule has 1 fully saturated rings. The average molecular weight is 544 g/mol. The van der Waals surface area contributed by atoms with E-state index in [4.69, 9.17) is 0 Å². The molecule has 1 N–H and O–H groups in total. The third-order valence-corrected chi connectivity index (χ3v) is 6.19. The summed E-state index contributed by atoms with van der Waals surface area (Å²) in [5.41, 5.74) is 1.36. The number of hydrogen-bond acceptors (Lipinski definition) is 6. The zero-order valence-corrected chi connectivity index (χ0v) is 21.6. The molecule has 3 rings (SSSR count). The Labute approximate surface area is 201 Å². The number of halogens is 1. The van der Waals surface area contributed by atoms with Crippen LogP contribution >= 0.6 is 35.5 Å². The number of likely N-dealkylation sites (N-methyl/N-ethyl adjacent to an activating group) is 1. The van der Waals surface area contributed by atoms with Gasteiger partial charge in [0.25, 0.3) is 0 Å². The predicted molar refractivity (Wildman–Crippen MR) is 137 cm³/mol. The number of aliphatic imine (C=N–C) groups is 1. The minimum atomic E-state index is 0. The first-order valence-corrected chi connectivity index (χ1v) is 11.1. The molecule has 1 saturated heterocycles. The van der Waals surface area contributed by atoms with Crippen molar-refractivity contribution >= 4 is 46.6 Å². The molecular formula is C21H34IN7S. The largest absolute Gasteiger partial charge is 0.355 e. The maximum absolute atomic E-state index is 4.62. The fourth-order valence-corrected chi connectivity index (χ4v) is 4.29. The maximum atomic E-state index is 4.62. The number of benzene rings is 1. The molecule has 1 aliphatic heterocycles. The van der Waals surface area contributed by atoms with E-state index in [-0.39, 0.29) is 24.0 Å². The molecule has 1 atom stereocenters. The normalized spacial score (nSPS) is 15.8. The van der Waals surface area contributed by atoms with Crippen molar-refractivity contribution in [3.05, 3.63) is 41.7 Å². The van der Waals surface area contributed by atoms with E-state index in [1.165, 1.54) is 17.1 Å². The second-order valence-corrected chi connectivity index (χ2v) is 8.29. The van der Waals surface area contributed by atoms with Crippen LogP contribution in [0.1, 0.15) is 18.3 Å². The van der Waals surface area contributed by atoms with Gasteiger partial charge in [0.1, 0.15) is 5.82 Å². The number of rotatable bonds is 7. The van der Waals surface area contributed by atoms with E-state index >= 15 is 0 Å². The van der Waals surface area contributed by atoms with Crippen molar-refractivity contribution in [3.63, 3.8) is 0 Å². The summed E-state index contributed by atoms with van der Waals surface area (Å²) in [5.74, 6) is 1.93. The Balaban J connectivity index is 0.00000320. The SMILES string of the molecule is CCc1nsc(N2CCN(C(=NC)NCC(Cc3ccccc3)N(C)C)CC2)n1.I. The van der Waals surface area contributed by atoms with Gasteiger partial charge in [-0.1, -0.05) is 37.3 Å². The van der Waals surface area contributed by atoms with Crippen molar-refractivity contribution in [1.29, 1.82) is 0 Å². The molecule has 9 heteroatoms. The number of aryl methyl sites for hydroxylation is 1. The summed E-state index contributed by atoms with van der Waals surface area (Å²) in [6.07, 6.45) is 1.91. The fraction of sp³-hybridized carbons (Fsp3) is 0.571. The van der Waals surface area contributed by atoms with Crippen LogP contribution in [0.25, 0.3) is 0 Å². The van der Waals surface area contributed by atoms with Crippen LogP contribution < -0.4 is 10.2 Å². The first-order valence-electron chi connectivity index (χ1n) is 10.3. The molecule has 0 amide bonds. The molecule has 0 spiro atoms. The van der Waals surface area contributed by atoms with E-state index in [1.807, 2.05) is 7.05 Å². The van der Waals surface area contributed by atoms with E-state index < -0.39 is 0 Å². The first-order chi connectivity index (χ1) is 14.1. The Morgan fingerprint density at radius 1 is 1.20 bits per heavy atom. The third-order valence-electron chi connectivity index (χ3n) is 5.38. The van der Waals surface area contributed by atoms with Crippen LogP contribution in [0.3, 0.4) is 0 Å². The first kappa shape index (κ1) is 24.8. The zero-order chi connectivity index (χ0) is 20.6. The van der Waals surface area contributed by atoms with Gasteiger partial charge in [0, 0.05) is 63.8 Å². The second kappa shape index (κ2) is 12.4. The van der Waals surface area contributed by atoms with Gasteiger partial charge in [-0.05, 0) is 26.1 Å². The lowest BCUT2D eigenvalue weighted by molar-refractivity contribution is 0.285. The van der Waals surface area contributed by atoms with Crippen LogP contribution in [0.5, 0.6) is 0 Å². The molecule has 7 nitrogen and oxygen atoms in total. The van der Waals surface area contributed by atoms with Crippen LogP contribution in [0, 0.1) is 0 Å². The van der Waals surface area contributed by atoms with Crippen LogP contribution in [0.15, 0.2) is 35.3 Å². The quantitative estimate of drug-likeness (QED) is 0.329. The van der Waals surface area contributed by atoms with Crippen molar-refractivity contribution < 1.29 is 0 Å². The zero-order valence-electron chi connectivity index (χ0n) is 18.4. The lowest BCUT2D eigenvalue weighted by Gasteiger charge is -2.37. The monoisotopic (exact) mass is 543 g/mol. The van der Waals surface area contributed by atoms with Crippen LogP contribution in [0.4, 0.5) is 5.13 Å². The van der Waals surface area contributed by atoms with Crippen molar-refractivity contribution in [2.24, 2.45) is 4.99 Å². The summed E-state index contributed by atoms with van der Waals surface area (Å²) >= 11 is 1.51. The molecule has 0 bridgehead atoms. The highest BCUT2D eigenvalue weighted by Gasteiger charge is 2.23. The predicted octanol–water partition coefficient (Wildman–Crippen LogP) is 2.59. The molecule has 2 heterocycles. The summed E-state index contributed by atoms with van der Waals surface area (Å²) < 4.78 is 4.41. The Kier molecular flexibility index (Phi) is 10.3. The van der Waals surface area contributed by atoms with Gasteiger partial charge in [-0.3, -0.25) is 4.99 Å². The summed E-state index contributed by atoms with van der Waals surface area (Å²) in [5, 5.41) is 4.64. The van der Waals surface area contributed by atoms with Crippen LogP contribution in [-0.2, 0) is 12.8 Å². The molecule has 1 aromatic heterocycles. The van der Waals surface area contributed by atoms with E-state index in [0.29, 0.717) is 6.04 Å². The summed E-state index contributed by atoms with van der Waals surface area (Å²) in [4.78, 5) is 16.1. The van der Waals surface area contributed by atoms with Gasteiger partial charge in [-0.15, -0.1) is 24.0 Å². The highest BCUT2D eigenvalue weighted by molar-refractivity contribution is 14.0. The van der Waals surface area contributed by atoms with Gasteiger partial charge in [0.2, 0.25) is 5.13 Å². The molecular weight excluding hydrogens is 509 g/mol. The van der Waals surface area contributed by atoms with Crippen molar-refractivity contribution in [1.82, 2.24) is 24.5 Å². The summed E-state index contributed by atoms with van der Waals surface area (Å²) in [7, 11) is 6.15. The Morgan fingerprint density at radius 2 is 1.90 bits per heavy atom. The Hall–Kier alpha value is -1.46. The third kappa shape index (κ3) is 6.78. The molecule has 0 aliphatic carbocycles. The number of hydrogen-bond donors (Lipinski definition) is 1. The molecule has 0 radical (unpaired) electrons. The molecule has 30 heavy (non-hydrogen) atoms. The number of aromatic nitrogens is 2. The van der Waals surface area contributed by atoms with Gasteiger partial charge in [0.05, 0.1) is 0 Å². The lowest BCUT2D eigenvalue weighted by atomic mass is 10.1. The van der Waals surface area contributed by atoms with Crippen LogP contribution in [0.2, 0.25) is 0 Å². The Bertz CT molecular complexity index is 773. The molecule has 0 saturated carbocycles. The smallest absolute Gasteiger partial charge is 0.205 e. The summed E-state index contributed by atoms with van der Waals surface area (Å²) in [6, 6.07) is 11.1. The van der Waals surface area contributed by atoms with Crippen molar-refractivity contribution in [3.8, 4) is 0 Å². The topological polar surface area (TPSA) is 59.9 Å². The second-order valence-electron chi connectivity index (χ2n) is 7.56. The Morgan fingerprint density at radius 3 is 2.47 bits per heavy atom. The fourth-order valence-electron chi connectivity index (χ4n) is 3.49. The number of piperazine rings is 1. The standard InChI is InChI=1S/C21H33N7S.HI/c1-5-19-24-21(29-25-19)28-13-11-27(12-14-28)20(22-2)23-16-18(26(3)4)15-17-9-7-6-8-10-17;/h6-10,18H,5,11-16H2,1-4H3,(H,22,23);1H. The van der Waals surface area contributed by atoms with E-state index in [9.17, 15) is 0 Å². The molecule has 2 aromatic rings. The minimum absolute atomic E-state index is 0. The number of guanidine groups is 1. The number of nitrogens with one attached hydrogen (secondary N) is 1. The van der Waals surface area contributed by atoms with Gasteiger partial charge in [-0.25, -0.2) is 4.98 Å². The average Bonchev–Trinajstić information content (AvgIpc) is 3.23. The highest BCUT2D eigenvalue weighted by Crippen LogP contribution is 2.19. The van der Waals surface area contributed by atoms with Crippen molar-refractivity contribution in [2.45, 2.75) is 25.8 Å². The highest BCUT2D eigenvalue weighted by atomic mass is 127. The molecule has 1 unspecified atom stereocenters. The summed E-state index contributed by atoms with van der Waals surface area (Å²) in [6.45, 7) is 6.72. The molecule has 1 aliphatic rings. The number of nitrogens with zero attached hydrogens (tertiary/aromatic N) is 6. The molecule has 1 aromatic carbocycles. The van der Waals surface area contributed by atoms with E-state index in [0.717, 1.165) is 62.5 Å². The van der Waals surface area contributed by atoms with Gasteiger partial charge in [-0.2, -0.15) is 4.37 Å². The van der Waals surface area contributed by atoms with E-state index in [2.05, 4.69) is 85.7 Å². The van der Waals surface area contributed by atoms with Crippen molar-refractivity contribution in [2.75, 3.05) is 58.8 Å². The van der Waals surface area contributed by atoms with E-state index in [1.54, 1.807) is 0 Å². The minimum Gasteiger partial charge on any atom is -0.355 e. The maximum Gasteiger partial charge on any atom is 0.205 e. The number of anilines is 1. The van der Waals surface area contributed by atoms with Crippen LogP contribution in [-0.4, -0.2) is 85.0 Å².